The van der Waals surface area contributed by atoms with Crippen LogP contribution in [0.25, 0.3) is 22.4 Å². The molecule has 3 aromatic heterocycles. The fourth-order valence-electron chi connectivity index (χ4n) is 2.66. The Morgan fingerprint density at radius 2 is 2.04 bits per heavy atom. The second kappa shape index (κ2) is 7.45. The Labute approximate surface area is 154 Å². The monoisotopic (exact) mass is 364 g/mol. The fourth-order valence-corrected chi connectivity index (χ4v) is 3.52. The molecule has 2 N–H and O–H groups in total. The van der Waals surface area contributed by atoms with Crippen LogP contribution in [0.3, 0.4) is 0 Å². The molecule has 4 aromatic rings. The summed E-state index contributed by atoms with van der Waals surface area (Å²) < 4.78 is 5.38. The average molecular weight is 364 g/mol. The number of fused-ring (bicyclic) bond motifs is 1. The lowest BCUT2D eigenvalue weighted by atomic mass is 10.2. The van der Waals surface area contributed by atoms with Gasteiger partial charge in [-0.25, -0.2) is 4.98 Å². The van der Waals surface area contributed by atoms with Gasteiger partial charge in [0.15, 0.2) is 5.76 Å². The number of para-hydroxylation sites is 1. The highest BCUT2D eigenvalue weighted by Crippen LogP contribution is 2.27. The first-order valence-corrected chi connectivity index (χ1v) is 9.09. The molecule has 130 valence electrons. The Balaban J connectivity index is 1.38. The van der Waals surface area contributed by atoms with E-state index in [1.807, 2.05) is 36.5 Å². The number of aromatic amines is 1. The number of aromatic nitrogens is 3. The molecule has 0 aliphatic rings. The van der Waals surface area contributed by atoms with Crippen LogP contribution in [0, 0.1) is 0 Å². The van der Waals surface area contributed by atoms with Gasteiger partial charge in [0, 0.05) is 34.4 Å². The number of carbonyl (C=O) groups excluding carboxylic acids is 1. The Morgan fingerprint density at radius 3 is 2.92 bits per heavy atom. The van der Waals surface area contributed by atoms with Gasteiger partial charge in [-0.2, -0.15) is 0 Å². The number of nitrogens with one attached hydrogen (secondary N) is 2. The van der Waals surface area contributed by atoms with E-state index in [1.165, 1.54) is 11.8 Å². The topological polar surface area (TPSA) is 83.8 Å². The molecule has 0 spiro atoms. The van der Waals surface area contributed by atoms with E-state index in [2.05, 4.69) is 20.3 Å². The molecule has 0 fully saturated rings. The van der Waals surface area contributed by atoms with Crippen molar-refractivity contribution in [3.63, 3.8) is 0 Å². The lowest BCUT2D eigenvalue weighted by Crippen LogP contribution is -2.25. The number of amides is 1. The van der Waals surface area contributed by atoms with Crippen molar-refractivity contribution in [2.45, 2.75) is 11.4 Å². The van der Waals surface area contributed by atoms with Crippen LogP contribution in [0.5, 0.6) is 0 Å². The molecule has 0 atom stereocenters. The van der Waals surface area contributed by atoms with Gasteiger partial charge in [0.1, 0.15) is 5.69 Å². The largest absolute Gasteiger partial charge is 0.463 e. The summed E-state index contributed by atoms with van der Waals surface area (Å²) in [6.07, 6.45) is 6.73. The van der Waals surface area contributed by atoms with Crippen molar-refractivity contribution < 1.29 is 9.21 Å². The summed E-state index contributed by atoms with van der Waals surface area (Å²) in [5.74, 6) is 0.907. The van der Waals surface area contributed by atoms with Crippen LogP contribution >= 0.6 is 11.8 Å². The number of carbonyl (C=O) groups is 1. The Bertz CT molecular complexity index is 1030. The first kappa shape index (κ1) is 16.4. The molecule has 0 unspecified atom stereocenters. The lowest BCUT2D eigenvalue weighted by Gasteiger charge is -2.07. The van der Waals surface area contributed by atoms with Crippen molar-refractivity contribution in [2.75, 3.05) is 5.75 Å². The molecule has 1 amide bonds. The molecule has 4 rings (SSSR count). The maximum Gasteiger partial charge on any atom is 0.230 e. The van der Waals surface area contributed by atoms with E-state index < -0.39 is 0 Å². The summed E-state index contributed by atoms with van der Waals surface area (Å²) in [4.78, 5) is 25.1. The van der Waals surface area contributed by atoms with Crippen LogP contribution in [-0.4, -0.2) is 26.6 Å². The van der Waals surface area contributed by atoms with E-state index in [4.69, 9.17) is 4.42 Å². The Morgan fingerprint density at radius 1 is 1.15 bits per heavy atom. The fraction of sp³-hybridized carbons (Fsp3) is 0.105. The molecule has 7 heteroatoms. The van der Waals surface area contributed by atoms with Gasteiger partial charge in [-0.05, 0) is 18.2 Å². The predicted octanol–water partition coefficient (Wildman–Crippen LogP) is 3.63. The maximum atomic E-state index is 12.2. The van der Waals surface area contributed by atoms with Crippen LogP contribution < -0.4 is 5.32 Å². The first-order valence-electron chi connectivity index (χ1n) is 8.10. The quantitative estimate of drug-likeness (QED) is 0.511. The highest BCUT2D eigenvalue weighted by atomic mass is 32.2. The van der Waals surface area contributed by atoms with Crippen LogP contribution in [0.2, 0.25) is 0 Å². The number of H-pyrrole nitrogens is 1. The number of benzene rings is 1. The molecule has 0 radical (unpaired) electrons. The van der Waals surface area contributed by atoms with Gasteiger partial charge in [0.05, 0.1) is 24.3 Å². The van der Waals surface area contributed by atoms with Crippen molar-refractivity contribution in [1.82, 2.24) is 20.3 Å². The van der Waals surface area contributed by atoms with Crippen LogP contribution in [-0.2, 0) is 11.3 Å². The molecule has 0 aliphatic carbocycles. The standard InChI is InChI=1S/C19H16N4O2S/c24-18(12-26-17-11-22-14-5-2-1-4-13(14)17)23-10-15-19(21-8-7-20-15)16-6-3-9-25-16/h1-9,11,22H,10,12H2,(H,23,24). The van der Waals surface area contributed by atoms with Gasteiger partial charge in [0.25, 0.3) is 0 Å². The van der Waals surface area contributed by atoms with E-state index >= 15 is 0 Å². The third-order valence-electron chi connectivity index (χ3n) is 3.89. The molecule has 3 heterocycles. The van der Waals surface area contributed by atoms with Crippen LogP contribution in [0.4, 0.5) is 0 Å². The molecular weight excluding hydrogens is 348 g/mol. The normalized spacial score (nSPS) is 10.9. The molecule has 26 heavy (non-hydrogen) atoms. The second-order valence-electron chi connectivity index (χ2n) is 5.59. The molecule has 6 nitrogen and oxygen atoms in total. The minimum atomic E-state index is -0.0590. The van der Waals surface area contributed by atoms with Gasteiger partial charge in [-0.3, -0.25) is 9.78 Å². The summed E-state index contributed by atoms with van der Waals surface area (Å²) in [7, 11) is 0. The zero-order chi connectivity index (χ0) is 17.8. The minimum absolute atomic E-state index is 0.0590. The number of nitrogens with zero attached hydrogens (tertiary/aromatic N) is 2. The molecular formula is C19H16N4O2S. The number of hydrogen-bond donors (Lipinski definition) is 2. The van der Waals surface area contributed by atoms with E-state index in [0.717, 1.165) is 15.8 Å². The van der Waals surface area contributed by atoms with E-state index in [0.29, 0.717) is 29.4 Å². The zero-order valence-electron chi connectivity index (χ0n) is 13.8. The Hall–Kier alpha value is -3.06. The zero-order valence-corrected chi connectivity index (χ0v) is 14.6. The molecule has 0 saturated heterocycles. The summed E-state index contributed by atoms with van der Waals surface area (Å²) >= 11 is 1.50. The van der Waals surface area contributed by atoms with E-state index in [1.54, 1.807) is 24.7 Å². The van der Waals surface area contributed by atoms with Gasteiger partial charge >= 0.3 is 0 Å². The van der Waals surface area contributed by atoms with Crippen molar-refractivity contribution >= 4 is 28.6 Å². The summed E-state index contributed by atoms with van der Waals surface area (Å²) in [6.45, 7) is 0.303. The Kier molecular flexibility index (Phi) is 4.70. The third kappa shape index (κ3) is 3.48. The molecule has 0 bridgehead atoms. The summed E-state index contributed by atoms with van der Waals surface area (Å²) in [5, 5.41) is 4.02. The van der Waals surface area contributed by atoms with Crippen molar-refractivity contribution in [3.8, 4) is 11.5 Å². The number of hydrogen-bond acceptors (Lipinski definition) is 5. The predicted molar refractivity (Wildman–Crippen MR) is 101 cm³/mol. The third-order valence-corrected chi connectivity index (χ3v) is 4.95. The maximum absolute atomic E-state index is 12.2. The second-order valence-corrected chi connectivity index (χ2v) is 6.61. The van der Waals surface area contributed by atoms with Crippen molar-refractivity contribution in [1.29, 1.82) is 0 Å². The van der Waals surface area contributed by atoms with E-state index in [-0.39, 0.29) is 5.91 Å². The van der Waals surface area contributed by atoms with Crippen LogP contribution in [0.15, 0.2) is 70.6 Å². The van der Waals surface area contributed by atoms with Gasteiger partial charge in [0.2, 0.25) is 5.91 Å². The summed E-state index contributed by atoms with van der Waals surface area (Å²) in [5.41, 5.74) is 2.38. The van der Waals surface area contributed by atoms with Crippen LogP contribution in [0.1, 0.15) is 5.69 Å². The summed E-state index contributed by atoms with van der Waals surface area (Å²) in [6, 6.07) is 11.7. The molecule has 1 aromatic carbocycles. The number of furan rings is 1. The van der Waals surface area contributed by atoms with Crippen molar-refractivity contribution in [3.05, 3.63) is 66.9 Å². The molecule has 0 aliphatic heterocycles. The van der Waals surface area contributed by atoms with Crippen molar-refractivity contribution in [2.24, 2.45) is 0 Å². The smallest absolute Gasteiger partial charge is 0.230 e. The number of thioether (sulfide) groups is 1. The SMILES string of the molecule is O=C(CSc1c[nH]c2ccccc12)NCc1nccnc1-c1ccco1. The highest BCUT2D eigenvalue weighted by Gasteiger charge is 2.12. The van der Waals surface area contributed by atoms with Gasteiger partial charge < -0.3 is 14.7 Å². The highest BCUT2D eigenvalue weighted by molar-refractivity contribution is 8.00. The van der Waals surface area contributed by atoms with Gasteiger partial charge in [-0.1, -0.05) is 18.2 Å². The van der Waals surface area contributed by atoms with Gasteiger partial charge in [-0.15, -0.1) is 11.8 Å². The lowest BCUT2D eigenvalue weighted by molar-refractivity contribution is -0.118. The average Bonchev–Trinajstić information content (AvgIpc) is 3.35. The first-order chi connectivity index (χ1) is 12.8. The van der Waals surface area contributed by atoms with E-state index in [9.17, 15) is 4.79 Å². The molecule has 0 saturated carbocycles. The minimum Gasteiger partial charge on any atom is -0.463 e. The number of rotatable bonds is 6.